The summed E-state index contributed by atoms with van der Waals surface area (Å²) in [5.41, 5.74) is 0.877. The molecule has 10 heteroatoms. The molecule has 0 aliphatic carbocycles. The average Bonchev–Trinajstić information content (AvgIpc) is 2.66. The lowest BCUT2D eigenvalue weighted by Gasteiger charge is -2.16. The van der Waals surface area contributed by atoms with E-state index in [1.807, 2.05) is 0 Å². The van der Waals surface area contributed by atoms with Crippen molar-refractivity contribution < 1.29 is 27.5 Å². The van der Waals surface area contributed by atoms with Crippen LogP contribution in [0.1, 0.15) is 36.2 Å². The molecular formula is C18H19F3N4O3. The van der Waals surface area contributed by atoms with Gasteiger partial charge in [0.25, 0.3) is 5.91 Å². The molecule has 28 heavy (non-hydrogen) atoms. The van der Waals surface area contributed by atoms with Crippen molar-refractivity contribution in [1.82, 2.24) is 15.3 Å². The number of ether oxygens (including phenoxy) is 1. The van der Waals surface area contributed by atoms with Gasteiger partial charge in [-0.25, -0.2) is 9.97 Å². The second kappa shape index (κ2) is 9.16. The van der Waals surface area contributed by atoms with Crippen molar-refractivity contribution in [3.8, 4) is 5.88 Å². The van der Waals surface area contributed by atoms with Crippen LogP contribution in [-0.4, -0.2) is 34.1 Å². The number of amides is 2. The summed E-state index contributed by atoms with van der Waals surface area (Å²) < 4.78 is 42.1. The third-order valence-electron chi connectivity index (χ3n) is 3.62. The van der Waals surface area contributed by atoms with Crippen LogP contribution in [0.15, 0.2) is 36.7 Å². The third-order valence-corrected chi connectivity index (χ3v) is 3.62. The summed E-state index contributed by atoms with van der Waals surface area (Å²) in [7, 11) is 0. The van der Waals surface area contributed by atoms with Gasteiger partial charge in [0.2, 0.25) is 11.8 Å². The SMILES string of the molecule is CCC(=O)Nc1cc(C(=O)NCc2ccc(O[C@H](C)C(F)(F)F)nc2)ccn1. The quantitative estimate of drug-likeness (QED) is 0.750. The van der Waals surface area contributed by atoms with Crippen LogP contribution < -0.4 is 15.4 Å². The van der Waals surface area contributed by atoms with Gasteiger partial charge in [0, 0.05) is 37.0 Å². The first kappa shape index (κ1) is 21.1. The topological polar surface area (TPSA) is 93.2 Å². The standard InChI is InChI=1S/C18H19F3N4O3/c1-3-15(26)25-14-8-13(6-7-22-14)17(27)24-10-12-4-5-16(23-9-12)28-11(2)18(19,20)21/h4-9,11H,3,10H2,1-2H3,(H,24,27)(H,22,25,26)/t11-/m1/s1. The Labute approximate surface area is 159 Å². The largest absolute Gasteiger partial charge is 0.465 e. The normalized spacial score (nSPS) is 12.2. The van der Waals surface area contributed by atoms with E-state index < -0.39 is 18.2 Å². The molecular weight excluding hydrogens is 377 g/mol. The summed E-state index contributed by atoms with van der Waals surface area (Å²) in [6.45, 7) is 2.70. The number of hydrogen-bond acceptors (Lipinski definition) is 5. The van der Waals surface area contributed by atoms with E-state index >= 15 is 0 Å². The summed E-state index contributed by atoms with van der Waals surface area (Å²) in [5.74, 6) is -0.523. The third kappa shape index (κ3) is 6.22. The smallest absolute Gasteiger partial charge is 0.425 e. The van der Waals surface area contributed by atoms with Crippen molar-refractivity contribution in [3.05, 3.63) is 47.8 Å². The molecule has 0 spiro atoms. The molecule has 0 aliphatic heterocycles. The lowest BCUT2D eigenvalue weighted by molar-refractivity contribution is -0.189. The van der Waals surface area contributed by atoms with Gasteiger partial charge in [-0.2, -0.15) is 13.2 Å². The van der Waals surface area contributed by atoms with Crippen molar-refractivity contribution in [2.45, 2.75) is 39.1 Å². The molecule has 0 saturated carbocycles. The van der Waals surface area contributed by atoms with Crippen molar-refractivity contribution in [2.75, 3.05) is 5.32 Å². The fraction of sp³-hybridized carbons (Fsp3) is 0.333. The number of halogens is 3. The maximum Gasteiger partial charge on any atom is 0.425 e. The highest BCUT2D eigenvalue weighted by molar-refractivity contribution is 5.96. The summed E-state index contributed by atoms with van der Waals surface area (Å²) >= 11 is 0. The second-order valence-corrected chi connectivity index (χ2v) is 5.82. The van der Waals surface area contributed by atoms with Crippen LogP contribution in [0.25, 0.3) is 0 Å². The molecule has 2 aromatic rings. The fourth-order valence-corrected chi connectivity index (χ4v) is 1.99. The lowest BCUT2D eigenvalue weighted by atomic mass is 10.2. The maximum atomic E-state index is 12.5. The highest BCUT2D eigenvalue weighted by Crippen LogP contribution is 2.23. The van der Waals surface area contributed by atoms with Gasteiger partial charge in [-0.3, -0.25) is 9.59 Å². The first-order chi connectivity index (χ1) is 13.2. The minimum absolute atomic E-state index is 0.111. The lowest BCUT2D eigenvalue weighted by Crippen LogP contribution is -2.31. The van der Waals surface area contributed by atoms with E-state index in [2.05, 4.69) is 20.6 Å². The number of nitrogens with one attached hydrogen (secondary N) is 2. The number of carbonyl (C=O) groups is 2. The predicted octanol–water partition coefficient (Wildman–Crippen LogP) is 3.08. The summed E-state index contributed by atoms with van der Waals surface area (Å²) in [5, 5.41) is 5.21. The van der Waals surface area contributed by atoms with Crippen LogP contribution in [-0.2, 0) is 11.3 Å². The van der Waals surface area contributed by atoms with Gasteiger partial charge >= 0.3 is 6.18 Å². The molecule has 0 radical (unpaired) electrons. The number of nitrogens with zero attached hydrogens (tertiary/aromatic N) is 2. The van der Waals surface area contributed by atoms with Crippen LogP contribution in [0.4, 0.5) is 19.0 Å². The minimum Gasteiger partial charge on any atom is -0.465 e. The fourth-order valence-electron chi connectivity index (χ4n) is 1.99. The van der Waals surface area contributed by atoms with Crippen molar-refractivity contribution >= 4 is 17.6 Å². The van der Waals surface area contributed by atoms with Crippen LogP contribution in [0, 0.1) is 0 Å². The molecule has 1 atom stereocenters. The molecule has 2 rings (SSSR count). The monoisotopic (exact) mass is 396 g/mol. The Hall–Kier alpha value is -3.17. The number of pyridine rings is 2. The number of alkyl halides is 3. The number of anilines is 1. The Morgan fingerprint density at radius 2 is 1.96 bits per heavy atom. The predicted molar refractivity (Wildman–Crippen MR) is 94.7 cm³/mol. The van der Waals surface area contributed by atoms with Crippen LogP contribution in [0.2, 0.25) is 0 Å². The summed E-state index contributed by atoms with van der Waals surface area (Å²) in [4.78, 5) is 31.4. The van der Waals surface area contributed by atoms with Gasteiger partial charge in [-0.05, 0) is 24.6 Å². The van der Waals surface area contributed by atoms with E-state index in [0.29, 0.717) is 11.1 Å². The van der Waals surface area contributed by atoms with E-state index in [4.69, 9.17) is 4.74 Å². The Morgan fingerprint density at radius 3 is 2.57 bits per heavy atom. The Bertz CT molecular complexity index is 826. The zero-order chi connectivity index (χ0) is 20.7. The molecule has 2 heterocycles. The summed E-state index contributed by atoms with van der Waals surface area (Å²) in [6, 6.07) is 5.74. The first-order valence-electron chi connectivity index (χ1n) is 8.41. The van der Waals surface area contributed by atoms with Crippen LogP contribution >= 0.6 is 0 Å². The molecule has 0 unspecified atom stereocenters. The number of hydrogen-bond donors (Lipinski definition) is 2. The van der Waals surface area contributed by atoms with Crippen molar-refractivity contribution in [2.24, 2.45) is 0 Å². The maximum absolute atomic E-state index is 12.5. The van der Waals surface area contributed by atoms with E-state index in [1.165, 1.54) is 36.7 Å². The zero-order valence-electron chi connectivity index (χ0n) is 15.2. The van der Waals surface area contributed by atoms with E-state index in [9.17, 15) is 22.8 Å². The van der Waals surface area contributed by atoms with E-state index in [1.54, 1.807) is 6.92 Å². The number of aromatic nitrogens is 2. The molecule has 2 aromatic heterocycles. The Balaban J connectivity index is 1.92. The summed E-state index contributed by atoms with van der Waals surface area (Å²) in [6.07, 6.45) is -3.45. The second-order valence-electron chi connectivity index (χ2n) is 5.82. The molecule has 0 bridgehead atoms. The van der Waals surface area contributed by atoms with Gasteiger partial charge in [0.1, 0.15) is 5.82 Å². The molecule has 2 N–H and O–H groups in total. The molecule has 150 valence electrons. The van der Waals surface area contributed by atoms with Gasteiger partial charge in [0.05, 0.1) is 0 Å². The highest BCUT2D eigenvalue weighted by Gasteiger charge is 2.38. The highest BCUT2D eigenvalue weighted by atomic mass is 19.4. The first-order valence-corrected chi connectivity index (χ1v) is 8.41. The van der Waals surface area contributed by atoms with E-state index in [0.717, 1.165) is 6.92 Å². The number of carbonyl (C=O) groups excluding carboxylic acids is 2. The van der Waals surface area contributed by atoms with Crippen molar-refractivity contribution in [3.63, 3.8) is 0 Å². The average molecular weight is 396 g/mol. The van der Waals surface area contributed by atoms with Crippen LogP contribution in [0.3, 0.4) is 0 Å². The van der Waals surface area contributed by atoms with Gasteiger partial charge in [0.15, 0.2) is 6.10 Å². The van der Waals surface area contributed by atoms with Crippen molar-refractivity contribution in [1.29, 1.82) is 0 Å². The molecule has 0 aliphatic rings. The van der Waals surface area contributed by atoms with Gasteiger partial charge in [-0.1, -0.05) is 13.0 Å². The van der Waals surface area contributed by atoms with E-state index in [-0.39, 0.29) is 30.6 Å². The minimum atomic E-state index is -4.48. The molecule has 7 nitrogen and oxygen atoms in total. The molecule has 2 amide bonds. The molecule has 0 aromatic carbocycles. The zero-order valence-corrected chi connectivity index (χ0v) is 15.2. The molecule has 0 saturated heterocycles. The van der Waals surface area contributed by atoms with Crippen LogP contribution in [0.5, 0.6) is 5.88 Å². The number of rotatable bonds is 7. The van der Waals surface area contributed by atoms with Gasteiger partial charge in [-0.15, -0.1) is 0 Å². The molecule has 0 fully saturated rings. The van der Waals surface area contributed by atoms with Gasteiger partial charge < -0.3 is 15.4 Å². The Kier molecular flexibility index (Phi) is 6.91. The Morgan fingerprint density at radius 1 is 1.21 bits per heavy atom.